The van der Waals surface area contributed by atoms with Crippen molar-refractivity contribution in [2.75, 3.05) is 40.3 Å². The summed E-state index contributed by atoms with van der Waals surface area (Å²) >= 11 is 0. The number of fused-ring (bicyclic) bond motifs is 4. The summed E-state index contributed by atoms with van der Waals surface area (Å²) in [5.74, 6) is 2.95. The number of rotatable bonds is 4. The van der Waals surface area contributed by atoms with Gasteiger partial charge in [-0.3, -0.25) is 0 Å². The van der Waals surface area contributed by atoms with Crippen molar-refractivity contribution in [1.82, 2.24) is 0 Å². The van der Waals surface area contributed by atoms with E-state index < -0.39 is 0 Å². The highest BCUT2D eigenvalue weighted by atomic mass is 16.5. The van der Waals surface area contributed by atoms with E-state index in [1.165, 1.54) is 11.1 Å². The number of nitrogens with one attached hydrogen (secondary N) is 1. The molecule has 0 aromatic heterocycles. The zero-order chi connectivity index (χ0) is 18.3. The minimum absolute atomic E-state index is 0.0455. The molecule has 0 saturated heterocycles. The van der Waals surface area contributed by atoms with Gasteiger partial charge in [0.15, 0.2) is 29.2 Å². The number of anilines is 1. The van der Waals surface area contributed by atoms with Crippen LogP contribution in [-0.4, -0.2) is 45.8 Å². The molecule has 1 atom stereocenters. The minimum Gasteiger partial charge on any atom is -0.493 e. The van der Waals surface area contributed by atoms with Crippen LogP contribution in [0.3, 0.4) is 0 Å². The third-order valence-corrected chi connectivity index (χ3v) is 5.06. The van der Waals surface area contributed by atoms with Crippen LogP contribution >= 0.6 is 0 Å². The van der Waals surface area contributed by atoms with Crippen LogP contribution in [0.5, 0.6) is 23.0 Å². The lowest BCUT2D eigenvalue weighted by molar-refractivity contribution is -0.566. The van der Waals surface area contributed by atoms with Crippen molar-refractivity contribution in [1.29, 1.82) is 0 Å². The maximum absolute atomic E-state index is 5.50. The van der Waals surface area contributed by atoms with Crippen molar-refractivity contribution < 1.29 is 23.5 Å². The van der Waals surface area contributed by atoms with Crippen molar-refractivity contribution in [3.05, 3.63) is 41.0 Å². The van der Waals surface area contributed by atoms with Gasteiger partial charge in [-0.2, -0.15) is 0 Å². The van der Waals surface area contributed by atoms with Crippen LogP contribution in [-0.2, 0) is 6.42 Å². The molecule has 0 bridgehead atoms. The summed E-state index contributed by atoms with van der Waals surface area (Å²) < 4.78 is 24.1. The minimum atomic E-state index is 0.0455. The normalized spacial score (nSPS) is 17.1. The molecule has 1 N–H and O–H groups in total. The number of hydrogen-bond donors (Lipinski definition) is 1. The maximum atomic E-state index is 5.50. The van der Waals surface area contributed by atoms with Crippen LogP contribution in [0.2, 0.25) is 0 Å². The Kier molecular flexibility index (Phi) is 4.11. The van der Waals surface area contributed by atoms with Crippen molar-refractivity contribution >= 4 is 11.9 Å². The largest absolute Gasteiger partial charge is 0.493 e. The standard InChI is InChI=1S/C20H22N2O4/c1-23-16-7-12-5-6-22-11-13-8-17(24-2)19(26-4)10-15(13)21-20(22)14(12)9-18(16)25-3/h7-11,20H,5-6H2,1-4H3/p+1. The Morgan fingerprint density at radius 2 is 1.46 bits per heavy atom. The first-order valence-corrected chi connectivity index (χ1v) is 8.56. The first-order chi connectivity index (χ1) is 12.7. The van der Waals surface area contributed by atoms with Gasteiger partial charge in [-0.1, -0.05) is 0 Å². The molecule has 0 spiro atoms. The van der Waals surface area contributed by atoms with E-state index >= 15 is 0 Å². The SMILES string of the molecule is COc1cc2c(cc1OC)NC1c3cc(OC)c(OC)cc3CC[N+]1=C2. The lowest BCUT2D eigenvalue weighted by atomic mass is 9.95. The number of hydrogen-bond acceptors (Lipinski definition) is 5. The second-order valence-corrected chi connectivity index (χ2v) is 6.36. The Labute approximate surface area is 153 Å². The molecule has 136 valence electrons. The molecule has 0 saturated carbocycles. The van der Waals surface area contributed by atoms with Crippen LogP contribution in [0.25, 0.3) is 0 Å². The van der Waals surface area contributed by atoms with Crippen LogP contribution in [0, 0.1) is 0 Å². The highest BCUT2D eigenvalue weighted by Gasteiger charge is 2.35. The van der Waals surface area contributed by atoms with Crippen molar-refractivity contribution in [3.8, 4) is 23.0 Å². The second kappa shape index (κ2) is 6.44. The van der Waals surface area contributed by atoms with E-state index in [0.717, 1.165) is 41.5 Å². The molecule has 2 aliphatic rings. The summed E-state index contributed by atoms with van der Waals surface area (Å²) in [5, 5.41) is 3.63. The lowest BCUT2D eigenvalue weighted by Gasteiger charge is -2.30. The van der Waals surface area contributed by atoms with Gasteiger partial charge in [0.1, 0.15) is 6.54 Å². The van der Waals surface area contributed by atoms with Gasteiger partial charge in [-0.15, -0.1) is 0 Å². The summed E-state index contributed by atoms with van der Waals surface area (Å²) in [6, 6.07) is 8.13. The van der Waals surface area contributed by atoms with Crippen LogP contribution in [0.15, 0.2) is 24.3 Å². The van der Waals surface area contributed by atoms with Crippen molar-refractivity contribution in [2.45, 2.75) is 12.6 Å². The fourth-order valence-electron chi connectivity index (χ4n) is 3.72. The molecule has 2 heterocycles. The van der Waals surface area contributed by atoms with Gasteiger partial charge in [0.25, 0.3) is 6.17 Å². The van der Waals surface area contributed by atoms with E-state index in [4.69, 9.17) is 18.9 Å². The Hall–Kier alpha value is -2.89. The van der Waals surface area contributed by atoms with Gasteiger partial charge in [0.05, 0.1) is 39.7 Å². The van der Waals surface area contributed by atoms with Crippen LogP contribution in [0.1, 0.15) is 22.9 Å². The van der Waals surface area contributed by atoms with E-state index in [9.17, 15) is 0 Å². The van der Waals surface area contributed by atoms with Crippen molar-refractivity contribution in [2.24, 2.45) is 0 Å². The molecule has 2 aromatic carbocycles. The number of benzene rings is 2. The van der Waals surface area contributed by atoms with E-state index in [1.807, 2.05) is 12.1 Å². The first-order valence-electron chi connectivity index (χ1n) is 8.56. The fourth-order valence-corrected chi connectivity index (χ4v) is 3.72. The average molecular weight is 355 g/mol. The molecule has 1 unspecified atom stereocenters. The van der Waals surface area contributed by atoms with Gasteiger partial charge < -0.3 is 24.3 Å². The smallest absolute Gasteiger partial charge is 0.253 e. The summed E-state index contributed by atoms with van der Waals surface area (Å²) in [4.78, 5) is 0. The van der Waals surface area contributed by atoms with E-state index in [1.54, 1.807) is 28.4 Å². The molecule has 0 amide bonds. The lowest BCUT2D eigenvalue weighted by Crippen LogP contribution is -2.36. The predicted molar refractivity (Wildman–Crippen MR) is 99.5 cm³/mol. The third kappa shape index (κ3) is 2.53. The third-order valence-electron chi connectivity index (χ3n) is 5.06. The van der Waals surface area contributed by atoms with Gasteiger partial charge in [-0.05, 0) is 23.8 Å². The fraction of sp³-hybridized carbons (Fsp3) is 0.350. The molecule has 0 radical (unpaired) electrons. The summed E-state index contributed by atoms with van der Waals surface area (Å²) in [6.45, 7) is 0.925. The second-order valence-electron chi connectivity index (χ2n) is 6.36. The molecule has 2 aliphatic heterocycles. The highest BCUT2D eigenvalue weighted by molar-refractivity contribution is 5.88. The van der Waals surface area contributed by atoms with E-state index in [-0.39, 0.29) is 6.17 Å². The molecule has 2 aromatic rings. The Bertz CT molecular complexity index is 892. The maximum Gasteiger partial charge on any atom is 0.253 e. The first kappa shape index (κ1) is 16.6. The Balaban J connectivity index is 1.80. The monoisotopic (exact) mass is 355 g/mol. The van der Waals surface area contributed by atoms with Gasteiger partial charge in [0.2, 0.25) is 0 Å². The number of methoxy groups -OCH3 is 4. The van der Waals surface area contributed by atoms with Gasteiger partial charge in [-0.25, -0.2) is 4.58 Å². The molecule has 4 rings (SSSR count). The van der Waals surface area contributed by atoms with Crippen LogP contribution in [0.4, 0.5) is 5.69 Å². The predicted octanol–water partition coefficient (Wildman–Crippen LogP) is 2.83. The quantitative estimate of drug-likeness (QED) is 0.855. The summed E-state index contributed by atoms with van der Waals surface area (Å²) in [5.41, 5.74) is 4.58. The van der Waals surface area contributed by atoms with Gasteiger partial charge in [0, 0.05) is 18.1 Å². The molecule has 6 nitrogen and oxygen atoms in total. The van der Waals surface area contributed by atoms with Crippen molar-refractivity contribution in [3.63, 3.8) is 0 Å². The molecular weight excluding hydrogens is 332 g/mol. The average Bonchev–Trinajstić information content (AvgIpc) is 2.69. The summed E-state index contributed by atoms with van der Waals surface area (Å²) in [7, 11) is 6.63. The van der Waals surface area contributed by atoms with Gasteiger partial charge >= 0.3 is 0 Å². The summed E-state index contributed by atoms with van der Waals surface area (Å²) in [6.07, 6.45) is 3.18. The molecule has 6 heteroatoms. The Morgan fingerprint density at radius 3 is 2.15 bits per heavy atom. The zero-order valence-electron chi connectivity index (χ0n) is 15.5. The molecule has 0 fully saturated rings. The number of ether oxygens (including phenoxy) is 4. The highest BCUT2D eigenvalue weighted by Crippen LogP contribution is 2.41. The zero-order valence-corrected chi connectivity index (χ0v) is 15.5. The van der Waals surface area contributed by atoms with E-state index in [0.29, 0.717) is 5.75 Å². The molecule has 0 aliphatic carbocycles. The Morgan fingerprint density at radius 1 is 0.846 bits per heavy atom. The van der Waals surface area contributed by atoms with Crippen LogP contribution < -0.4 is 24.3 Å². The topological polar surface area (TPSA) is 52.0 Å². The molecular formula is C20H23N2O4+. The number of nitrogens with zero attached hydrogens (tertiary/aromatic N) is 1. The molecule has 26 heavy (non-hydrogen) atoms. The van der Waals surface area contributed by atoms with E-state index in [2.05, 4.69) is 28.2 Å².